The molecule has 1 rings (SSSR count). The Labute approximate surface area is 73.3 Å². The van der Waals surface area contributed by atoms with Crippen molar-refractivity contribution in [3.63, 3.8) is 0 Å². The van der Waals surface area contributed by atoms with Gasteiger partial charge in [-0.2, -0.15) is 0 Å². The minimum atomic E-state index is -2.04. The molecule has 0 amide bonds. The molecule has 0 radical (unpaired) electrons. The molecule has 1 atom stereocenters. The maximum atomic E-state index is 10.3. The maximum Gasteiger partial charge on any atom is 0.0681 e. The Hall–Kier alpha value is -0.710. The van der Waals surface area contributed by atoms with Crippen LogP contribution in [0.15, 0.2) is 24.3 Å². The summed E-state index contributed by atoms with van der Waals surface area (Å²) in [6.07, 6.45) is 0. The van der Waals surface area contributed by atoms with Crippen molar-refractivity contribution < 1.29 is 13.9 Å². The fourth-order valence-electron chi connectivity index (χ4n) is 0.877. The molecule has 1 N–H and O–H groups in total. The van der Waals surface area contributed by atoms with Gasteiger partial charge >= 0.3 is 0 Å². The largest absolute Gasteiger partial charge is 0.772 e. The molecule has 0 spiro atoms. The number of benzene rings is 1. The van der Waals surface area contributed by atoms with Crippen LogP contribution in [0.25, 0.3) is 0 Å². The van der Waals surface area contributed by atoms with E-state index >= 15 is 0 Å². The van der Waals surface area contributed by atoms with Gasteiger partial charge in [-0.05, 0) is 11.1 Å². The number of aliphatic hydroxyl groups is 1. The Kier molecular flexibility index (Phi) is 3.40. The predicted molar refractivity (Wildman–Crippen MR) is 45.0 cm³/mol. The predicted octanol–water partition coefficient (Wildman–Crippen LogP) is 0.558. The molecule has 0 bridgehead atoms. The van der Waals surface area contributed by atoms with Crippen LogP contribution in [0.3, 0.4) is 0 Å². The molecule has 0 heterocycles. The van der Waals surface area contributed by atoms with Gasteiger partial charge < -0.3 is 9.66 Å². The van der Waals surface area contributed by atoms with Gasteiger partial charge in [0.05, 0.1) is 6.61 Å². The summed E-state index contributed by atoms with van der Waals surface area (Å²) in [5.41, 5.74) is 1.52. The first-order valence-corrected chi connectivity index (χ1v) is 4.71. The molecule has 0 aliphatic heterocycles. The number of aliphatic hydroxyl groups excluding tert-OH is 1. The Balaban J connectivity index is 2.71. The van der Waals surface area contributed by atoms with Crippen LogP contribution in [0.1, 0.15) is 11.1 Å². The number of rotatable bonds is 3. The van der Waals surface area contributed by atoms with Gasteiger partial charge in [0.1, 0.15) is 0 Å². The summed E-state index contributed by atoms with van der Waals surface area (Å²) in [6.45, 7) is -0.0132. The smallest absolute Gasteiger partial charge is 0.0681 e. The average Bonchev–Trinajstić information content (AvgIpc) is 2.05. The van der Waals surface area contributed by atoms with Gasteiger partial charge in [0.15, 0.2) is 0 Å². The first kappa shape index (κ1) is 9.38. The second-order valence-corrected chi connectivity index (χ2v) is 3.32. The lowest BCUT2D eigenvalue weighted by atomic mass is 10.2. The van der Waals surface area contributed by atoms with Crippen LogP contribution in [0.4, 0.5) is 0 Å². The van der Waals surface area contributed by atoms with Crippen LogP contribution in [0.2, 0.25) is 0 Å². The summed E-state index contributed by atoms with van der Waals surface area (Å²) in [4.78, 5) is 0. The molecule has 12 heavy (non-hydrogen) atoms. The molecular weight excluding hydrogens is 176 g/mol. The van der Waals surface area contributed by atoms with Crippen molar-refractivity contribution in [3.8, 4) is 0 Å². The van der Waals surface area contributed by atoms with Crippen molar-refractivity contribution in [1.29, 1.82) is 0 Å². The Morgan fingerprint density at radius 1 is 1.25 bits per heavy atom. The van der Waals surface area contributed by atoms with Crippen LogP contribution in [0, 0.1) is 0 Å². The SMILES string of the molecule is O=S([O-])Cc1ccc(CO)cc1. The van der Waals surface area contributed by atoms with Gasteiger partial charge in [-0.1, -0.05) is 35.3 Å². The zero-order chi connectivity index (χ0) is 8.97. The molecule has 3 nitrogen and oxygen atoms in total. The molecule has 1 aromatic rings. The summed E-state index contributed by atoms with van der Waals surface area (Å²) in [5, 5.41) is 8.69. The van der Waals surface area contributed by atoms with Crippen LogP contribution < -0.4 is 0 Å². The van der Waals surface area contributed by atoms with E-state index in [9.17, 15) is 8.76 Å². The third-order valence-corrected chi connectivity index (χ3v) is 2.06. The molecule has 0 aromatic heterocycles. The van der Waals surface area contributed by atoms with E-state index in [2.05, 4.69) is 0 Å². The summed E-state index contributed by atoms with van der Waals surface area (Å²) in [6, 6.07) is 6.81. The molecule has 4 heteroatoms. The molecule has 1 unspecified atom stereocenters. The van der Waals surface area contributed by atoms with Crippen LogP contribution >= 0.6 is 0 Å². The number of hydrogen-bond acceptors (Lipinski definition) is 3. The molecular formula is C8H9O3S-. The summed E-state index contributed by atoms with van der Waals surface area (Å²) in [7, 11) is 0. The summed E-state index contributed by atoms with van der Waals surface area (Å²) in [5.74, 6) is 0.0334. The molecule has 0 aliphatic rings. The molecule has 1 aromatic carbocycles. The lowest BCUT2D eigenvalue weighted by molar-refractivity contribution is 0.282. The summed E-state index contributed by atoms with van der Waals surface area (Å²) >= 11 is -2.04. The molecule has 0 fully saturated rings. The third kappa shape index (κ3) is 2.73. The van der Waals surface area contributed by atoms with Gasteiger partial charge in [0.2, 0.25) is 0 Å². The minimum absolute atomic E-state index is 0.0132. The van der Waals surface area contributed by atoms with Crippen molar-refractivity contribution in [3.05, 3.63) is 35.4 Å². The average molecular weight is 185 g/mol. The van der Waals surface area contributed by atoms with Crippen molar-refractivity contribution in [2.45, 2.75) is 12.4 Å². The van der Waals surface area contributed by atoms with Crippen LogP contribution in [-0.4, -0.2) is 13.9 Å². The van der Waals surface area contributed by atoms with E-state index in [1.807, 2.05) is 0 Å². The first-order chi connectivity index (χ1) is 5.72. The van der Waals surface area contributed by atoms with Gasteiger partial charge in [-0.3, -0.25) is 4.21 Å². The van der Waals surface area contributed by atoms with E-state index < -0.39 is 11.1 Å². The molecule has 66 valence electrons. The fraction of sp³-hybridized carbons (Fsp3) is 0.250. The third-order valence-electron chi connectivity index (χ3n) is 1.49. The van der Waals surface area contributed by atoms with Crippen LogP contribution in [0.5, 0.6) is 0 Å². The lowest BCUT2D eigenvalue weighted by Gasteiger charge is -2.04. The van der Waals surface area contributed by atoms with E-state index in [1.165, 1.54) is 0 Å². The van der Waals surface area contributed by atoms with E-state index in [0.717, 1.165) is 11.1 Å². The Morgan fingerprint density at radius 3 is 2.17 bits per heavy atom. The van der Waals surface area contributed by atoms with Crippen molar-refractivity contribution in [2.24, 2.45) is 0 Å². The van der Waals surface area contributed by atoms with E-state index in [4.69, 9.17) is 5.11 Å². The van der Waals surface area contributed by atoms with Crippen LogP contribution in [-0.2, 0) is 23.4 Å². The Bertz CT molecular complexity index is 268. The van der Waals surface area contributed by atoms with Gasteiger partial charge in [0.25, 0.3) is 0 Å². The topological polar surface area (TPSA) is 60.4 Å². The second-order valence-electron chi connectivity index (χ2n) is 2.42. The highest BCUT2D eigenvalue weighted by Gasteiger charge is 1.92. The lowest BCUT2D eigenvalue weighted by Crippen LogP contribution is -1.93. The normalized spacial score (nSPS) is 12.8. The minimum Gasteiger partial charge on any atom is -0.772 e. The van der Waals surface area contributed by atoms with E-state index in [-0.39, 0.29) is 12.4 Å². The summed E-state index contributed by atoms with van der Waals surface area (Å²) < 4.78 is 20.5. The molecule has 0 saturated heterocycles. The van der Waals surface area contributed by atoms with Gasteiger partial charge in [0, 0.05) is 5.75 Å². The van der Waals surface area contributed by atoms with Gasteiger partial charge in [-0.25, -0.2) is 0 Å². The monoisotopic (exact) mass is 185 g/mol. The number of hydrogen-bond donors (Lipinski definition) is 1. The van der Waals surface area contributed by atoms with Crippen molar-refractivity contribution in [2.75, 3.05) is 0 Å². The maximum absolute atomic E-state index is 10.3. The van der Waals surface area contributed by atoms with E-state index in [1.54, 1.807) is 24.3 Å². The van der Waals surface area contributed by atoms with Gasteiger partial charge in [-0.15, -0.1) is 0 Å². The van der Waals surface area contributed by atoms with E-state index in [0.29, 0.717) is 0 Å². The highest BCUT2D eigenvalue weighted by molar-refractivity contribution is 7.78. The fourth-order valence-corrected chi connectivity index (χ4v) is 1.34. The first-order valence-electron chi connectivity index (χ1n) is 3.47. The molecule has 0 aliphatic carbocycles. The highest BCUT2D eigenvalue weighted by atomic mass is 32.2. The quantitative estimate of drug-likeness (QED) is 0.700. The highest BCUT2D eigenvalue weighted by Crippen LogP contribution is 2.05. The van der Waals surface area contributed by atoms with Crippen molar-refractivity contribution in [1.82, 2.24) is 0 Å². The zero-order valence-corrected chi connectivity index (χ0v) is 7.21. The van der Waals surface area contributed by atoms with Crippen molar-refractivity contribution >= 4 is 11.1 Å². The molecule has 0 saturated carbocycles. The zero-order valence-electron chi connectivity index (χ0n) is 6.40. The standard InChI is InChI=1S/C8H10O3S/c9-5-7-1-3-8(4-2-7)6-12(10)11/h1-4,9H,5-6H2,(H,10,11)/p-1. The second kappa shape index (κ2) is 4.35. The Morgan fingerprint density at radius 2 is 1.75 bits per heavy atom.